The van der Waals surface area contributed by atoms with Crippen molar-refractivity contribution in [1.29, 1.82) is 0 Å². The number of carbonyl (C=O) groups is 1. The van der Waals surface area contributed by atoms with Crippen LogP contribution in [-0.4, -0.2) is 59.7 Å². The van der Waals surface area contributed by atoms with E-state index >= 15 is 0 Å². The quantitative estimate of drug-likeness (QED) is 0.319. The van der Waals surface area contributed by atoms with Gasteiger partial charge in [-0.2, -0.15) is 5.10 Å². The zero-order valence-corrected chi connectivity index (χ0v) is 20.6. The highest BCUT2D eigenvalue weighted by Gasteiger charge is 2.17. The Hall–Kier alpha value is -3.73. The Morgan fingerprint density at radius 3 is 2.92 bits per heavy atom. The van der Waals surface area contributed by atoms with Gasteiger partial charge < -0.3 is 18.8 Å². The lowest BCUT2D eigenvalue weighted by molar-refractivity contribution is 0.0337. The van der Waals surface area contributed by atoms with Crippen LogP contribution >= 0.6 is 11.3 Å². The third-order valence-electron chi connectivity index (χ3n) is 6.30. The molecule has 6 rings (SSSR count). The summed E-state index contributed by atoms with van der Waals surface area (Å²) >= 11 is 1.62. The zero-order chi connectivity index (χ0) is 24.5. The molecule has 1 amide bonds. The van der Waals surface area contributed by atoms with Crippen molar-refractivity contribution in [2.45, 2.75) is 6.54 Å². The summed E-state index contributed by atoms with van der Waals surface area (Å²) in [5, 5.41) is 8.05. The first-order valence-corrected chi connectivity index (χ1v) is 12.6. The molecule has 0 spiro atoms. The van der Waals surface area contributed by atoms with E-state index in [4.69, 9.17) is 19.2 Å². The summed E-state index contributed by atoms with van der Waals surface area (Å²) in [6.07, 6.45) is 3.41. The van der Waals surface area contributed by atoms with Crippen molar-refractivity contribution >= 4 is 34.4 Å². The molecule has 2 aromatic carbocycles. The molecule has 2 aliphatic rings. The third kappa shape index (κ3) is 4.58. The molecular formula is C26H25N5O4S. The first-order valence-electron chi connectivity index (χ1n) is 11.7. The molecule has 1 fully saturated rings. The molecule has 184 valence electrons. The van der Waals surface area contributed by atoms with Crippen LogP contribution < -0.4 is 14.9 Å². The maximum Gasteiger partial charge on any atom is 0.273 e. The number of aromatic nitrogens is 2. The van der Waals surface area contributed by atoms with Gasteiger partial charge in [0.25, 0.3) is 5.91 Å². The van der Waals surface area contributed by atoms with E-state index in [2.05, 4.69) is 26.9 Å². The normalized spacial score (nSPS) is 15.7. The molecule has 2 aromatic heterocycles. The second-order valence-electron chi connectivity index (χ2n) is 8.73. The number of amides is 1. The number of thiazole rings is 1. The maximum absolute atomic E-state index is 13.0. The summed E-state index contributed by atoms with van der Waals surface area (Å²) in [4.78, 5) is 20.2. The number of ether oxygens (including phenoxy) is 3. The van der Waals surface area contributed by atoms with E-state index in [-0.39, 0.29) is 12.7 Å². The molecule has 4 aromatic rings. The van der Waals surface area contributed by atoms with Gasteiger partial charge in [0.15, 0.2) is 11.5 Å². The fourth-order valence-electron chi connectivity index (χ4n) is 4.43. The van der Waals surface area contributed by atoms with E-state index in [9.17, 15) is 4.79 Å². The number of nitrogens with one attached hydrogen (secondary N) is 1. The van der Waals surface area contributed by atoms with Crippen LogP contribution in [0, 0.1) is 0 Å². The number of carbonyl (C=O) groups excluding carboxylic acids is 1. The van der Waals surface area contributed by atoms with Crippen molar-refractivity contribution in [3.8, 4) is 22.1 Å². The molecule has 0 saturated carbocycles. The van der Waals surface area contributed by atoms with Gasteiger partial charge in [-0.3, -0.25) is 9.69 Å². The molecule has 2 aliphatic heterocycles. The van der Waals surface area contributed by atoms with Gasteiger partial charge in [0.2, 0.25) is 6.79 Å². The highest BCUT2D eigenvalue weighted by molar-refractivity contribution is 7.13. The first-order chi connectivity index (χ1) is 17.6. The van der Waals surface area contributed by atoms with Crippen molar-refractivity contribution in [1.82, 2.24) is 19.9 Å². The molecule has 9 nitrogen and oxygen atoms in total. The number of morpholine rings is 1. The SMILES string of the molecule is Cn1cc(C(=O)N/N=C/c2ccc3c(c2)OCO3)c2cc(-c3nc(CN4CCOCC4)cs3)ccc21. The molecule has 0 aliphatic carbocycles. The number of rotatable bonds is 6. The van der Waals surface area contributed by atoms with E-state index in [0.29, 0.717) is 17.1 Å². The van der Waals surface area contributed by atoms with Crippen LogP contribution in [0.5, 0.6) is 11.5 Å². The number of hydrogen-bond acceptors (Lipinski definition) is 8. The standard InChI is InChI=1S/C26H25N5O4S/c1-30-14-21(25(32)29-27-12-17-2-5-23-24(10-17)35-16-34-23)20-11-18(3-4-22(20)30)26-28-19(15-36-26)13-31-6-8-33-9-7-31/h2-5,10-12,14-15H,6-9,13,16H2,1H3,(H,29,32)/b27-12+. The monoisotopic (exact) mass is 503 g/mol. The zero-order valence-electron chi connectivity index (χ0n) is 19.8. The Labute approximate surface area is 211 Å². The van der Waals surface area contributed by atoms with E-state index < -0.39 is 0 Å². The lowest BCUT2D eigenvalue weighted by atomic mass is 10.1. The van der Waals surface area contributed by atoms with Gasteiger partial charge in [-0.15, -0.1) is 11.3 Å². The van der Waals surface area contributed by atoms with Crippen molar-refractivity contribution in [2.75, 3.05) is 33.1 Å². The summed E-state index contributed by atoms with van der Waals surface area (Å²) in [6, 6.07) is 11.6. The van der Waals surface area contributed by atoms with Crippen molar-refractivity contribution < 1.29 is 19.0 Å². The maximum atomic E-state index is 13.0. The van der Waals surface area contributed by atoms with Crippen LogP contribution in [0.4, 0.5) is 0 Å². The predicted octanol–water partition coefficient (Wildman–Crippen LogP) is 3.63. The Kier molecular flexibility index (Phi) is 6.14. The Bertz CT molecular complexity index is 1450. The van der Waals surface area contributed by atoms with E-state index in [1.807, 2.05) is 48.1 Å². The molecule has 1 N–H and O–H groups in total. The van der Waals surface area contributed by atoms with Crippen LogP contribution in [0.25, 0.3) is 21.5 Å². The molecule has 1 saturated heterocycles. The van der Waals surface area contributed by atoms with Gasteiger partial charge >= 0.3 is 0 Å². The molecule has 0 unspecified atom stereocenters. The number of hydrazone groups is 1. The van der Waals surface area contributed by atoms with Crippen LogP contribution in [0.1, 0.15) is 21.6 Å². The van der Waals surface area contributed by atoms with Crippen molar-refractivity contribution in [2.24, 2.45) is 12.1 Å². The Balaban J connectivity index is 1.20. The van der Waals surface area contributed by atoms with Crippen LogP contribution in [0.2, 0.25) is 0 Å². The Morgan fingerprint density at radius 1 is 1.17 bits per heavy atom. The smallest absolute Gasteiger partial charge is 0.273 e. The summed E-state index contributed by atoms with van der Waals surface area (Å²) in [5.74, 6) is 1.10. The van der Waals surface area contributed by atoms with Gasteiger partial charge in [-0.05, 0) is 42.0 Å². The summed E-state index contributed by atoms with van der Waals surface area (Å²) < 4.78 is 18.1. The number of nitrogens with zero attached hydrogens (tertiary/aromatic N) is 4. The molecule has 0 bridgehead atoms. The fourth-order valence-corrected chi connectivity index (χ4v) is 5.23. The number of aryl methyl sites for hydroxylation is 1. The van der Waals surface area contributed by atoms with E-state index in [1.54, 1.807) is 17.6 Å². The second-order valence-corrected chi connectivity index (χ2v) is 9.59. The topological polar surface area (TPSA) is 90.2 Å². The molecule has 36 heavy (non-hydrogen) atoms. The lowest BCUT2D eigenvalue weighted by Crippen LogP contribution is -2.35. The molecule has 0 radical (unpaired) electrons. The van der Waals surface area contributed by atoms with Gasteiger partial charge in [0.05, 0.1) is 30.7 Å². The number of fused-ring (bicyclic) bond motifs is 2. The minimum Gasteiger partial charge on any atom is -0.454 e. The Morgan fingerprint density at radius 2 is 2.03 bits per heavy atom. The summed E-state index contributed by atoms with van der Waals surface area (Å²) in [5.41, 5.74) is 7.02. The summed E-state index contributed by atoms with van der Waals surface area (Å²) in [7, 11) is 1.93. The fraction of sp³-hybridized carbons (Fsp3) is 0.269. The van der Waals surface area contributed by atoms with Gasteiger partial charge in [-0.1, -0.05) is 0 Å². The molecule has 10 heteroatoms. The van der Waals surface area contributed by atoms with Crippen molar-refractivity contribution in [3.63, 3.8) is 0 Å². The minimum atomic E-state index is -0.276. The van der Waals surface area contributed by atoms with E-state index in [1.165, 1.54) is 0 Å². The molecule has 4 heterocycles. The lowest BCUT2D eigenvalue weighted by Gasteiger charge is -2.25. The second kappa shape index (κ2) is 9.73. The molecular weight excluding hydrogens is 478 g/mol. The van der Waals surface area contributed by atoms with Crippen molar-refractivity contribution in [3.05, 3.63) is 64.8 Å². The van der Waals surface area contributed by atoms with Gasteiger partial charge in [0.1, 0.15) is 5.01 Å². The number of benzene rings is 2. The minimum absolute atomic E-state index is 0.214. The first kappa shape index (κ1) is 22.7. The highest BCUT2D eigenvalue weighted by Crippen LogP contribution is 2.32. The van der Waals surface area contributed by atoms with Crippen LogP contribution in [-0.2, 0) is 18.3 Å². The van der Waals surface area contributed by atoms with Crippen LogP contribution in [0.15, 0.2) is 53.1 Å². The highest BCUT2D eigenvalue weighted by atomic mass is 32.1. The van der Waals surface area contributed by atoms with E-state index in [0.717, 1.165) is 65.6 Å². The average molecular weight is 504 g/mol. The summed E-state index contributed by atoms with van der Waals surface area (Å²) in [6.45, 7) is 4.44. The number of hydrogen-bond donors (Lipinski definition) is 1. The largest absolute Gasteiger partial charge is 0.454 e. The van der Waals surface area contributed by atoms with Gasteiger partial charge in [0, 0.05) is 54.7 Å². The average Bonchev–Trinajstić information content (AvgIpc) is 3.63. The predicted molar refractivity (Wildman–Crippen MR) is 138 cm³/mol. The molecule has 0 atom stereocenters. The van der Waals surface area contributed by atoms with Gasteiger partial charge in [-0.25, -0.2) is 10.4 Å². The van der Waals surface area contributed by atoms with Crippen LogP contribution in [0.3, 0.4) is 0 Å². The third-order valence-corrected chi connectivity index (χ3v) is 7.24.